The van der Waals surface area contributed by atoms with Crippen LogP contribution in [0.25, 0.3) is 5.76 Å². The number of aryl methyl sites for hydroxylation is 1. The van der Waals surface area contributed by atoms with Crippen LogP contribution < -0.4 is 14.4 Å². The molecule has 0 spiro atoms. The van der Waals surface area contributed by atoms with E-state index in [9.17, 15) is 14.7 Å². The normalized spacial score (nSPS) is 16.4. The lowest BCUT2D eigenvalue weighted by Gasteiger charge is -2.25. The van der Waals surface area contributed by atoms with Gasteiger partial charge in [-0.15, -0.1) is 0 Å². The van der Waals surface area contributed by atoms with Crippen LogP contribution in [0.5, 0.6) is 17.2 Å². The summed E-state index contributed by atoms with van der Waals surface area (Å²) in [5, 5.41) is 11.3. The van der Waals surface area contributed by atoms with E-state index in [1.165, 1.54) is 4.90 Å². The molecule has 7 nitrogen and oxygen atoms in total. The van der Waals surface area contributed by atoms with E-state index >= 15 is 0 Å². The number of amides is 1. The van der Waals surface area contributed by atoms with Crippen LogP contribution in [0, 0.1) is 12.8 Å². The molecule has 5 rings (SSSR count). The molecule has 1 aromatic heterocycles. The summed E-state index contributed by atoms with van der Waals surface area (Å²) >= 11 is 0. The van der Waals surface area contributed by atoms with Crippen molar-refractivity contribution in [3.05, 3.63) is 120 Å². The number of carbonyl (C=O) groups is 2. The third-order valence-electron chi connectivity index (χ3n) is 6.50. The number of nitrogens with zero attached hydrogens (tertiary/aromatic N) is 2. The number of anilines is 1. The Hall–Kier alpha value is -4.91. The Morgan fingerprint density at radius 2 is 1.65 bits per heavy atom. The first-order valence-electron chi connectivity index (χ1n) is 13.1. The summed E-state index contributed by atoms with van der Waals surface area (Å²) < 4.78 is 11.7. The second-order valence-corrected chi connectivity index (χ2v) is 10.1. The molecule has 1 fully saturated rings. The maximum absolute atomic E-state index is 13.4. The number of hydrogen-bond acceptors (Lipinski definition) is 6. The standard InChI is InChI=1S/C33H30N2O5/c1-21(2)20-39-26-13-9-23(10-14-26)31(36)29-30(24-7-5-17-34-19-24)35(33(38)32(29)37)25-11-15-27(16-12-25)40-28-8-4-6-22(3)18-28/h4-19,21,30,36H,20H2,1-3H3/b31-29-. The Bertz CT molecular complexity index is 1540. The average Bonchev–Trinajstić information content (AvgIpc) is 3.22. The largest absolute Gasteiger partial charge is 0.507 e. The molecule has 0 aliphatic carbocycles. The van der Waals surface area contributed by atoms with E-state index in [1.54, 1.807) is 73.1 Å². The molecule has 1 amide bonds. The smallest absolute Gasteiger partial charge is 0.300 e. The number of ether oxygens (including phenoxy) is 2. The number of aromatic nitrogens is 1. The fourth-order valence-corrected chi connectivity index (χ4v) is 4.57. The van der Waals surface area contributed by atoms with Gasteiger partial charge in [-0.3, -0.25) is 19.5 Å². The van der Waals surface area contributed by atoms with Gasteiger partial charge < -0.3 is 14.6 Å². The van der Waals surface area contributed by atoms with Crippen molar-refractivity contribution >= 4 is 23.1 Å². The second kappa shape index (κ2) is 11.5. The van der Waals surface area contributed by atoms with Gasteiger partial charge in [-0.25, -0.2) is 0 Å². The number of pyridine rings is 1. The Morgan fingerprint density at radius 1 is 0.925 bits per heavy atom. The highest BCUT2D eigenvalue weighted by molar-refractivity contribution is 6.51. The minimum absolute atomic E-state index is 0.00561. The fraction of sp³-hybridized carbons (Fsp3) is 0.182. The molecule has 1 saturated heterocycles. The van der Waals surface area contributed by atoms with Crippen molar-refractivity contribution in [3.63, 3.8) is 0 Å². The number of ketones is 1. The number of rotatable bonds is 8. The van der Waals surface area contributed by atoms with Crippen LogP contribution in [-0.2, 0) is 9.59 Å². The van der Waals surface area contributed by atoms with E-state index < -0.39 is 17.7 Å². The van der Waals surface area contributed by atoms with Crippen molar-refractivity contribution in [3.8, 4) is 17.2 Å². The second-order valence-electron chi connectivity index (χ2n) is 10.1. The van der Waals surface area contributed by atoms with Crippen LogP contribution >= 0.6 is 0 Å². The summed E-state index contributed by atoms with van der Waals surface area (Å²) in [5.74, 6) is 0.540. The van der Waals surface area contributed by atoms with Gasteiger partial charge in [0.15, 0.2) is 0 Å². The van der Waals surface area contributed by atoms with Crippen LogP contribution in [0.2, 0.25) is 0 Å². The fourth-order valence-electron chi connectivity index (χ4n) is 4.57. The van der Waals surface area contributed by atoms with E-state index in [-0.39, 0.29) is 11.3 Å². The third-order valence-corrected chi connectivity index (χ3v) is 6.50. The number of benzene rings is 3. The summed E-state index contributed by atoms with van der Waals surface area (Å²) in [7, 11) is 0. The third kappa shape index (κ3) is 5.59. The molecule has 1 N–H and O–H groups in total. The highest BCUT2D eigenvalue weighted by Gasteiger charge is 2.47. The van der Waals surface area contributed by atoms with E-state index in [1.807, 2.05) is 31.2 Å². The first-order chi connectivity index (χ1) is 19.3. The molecule has 2 heterocycles. The minimum atomic E-state index is -0.867. The minimum Gasteiger partial charge on any atom is -0.507 e. The van der Waals surface area contributed by atoms with Crippen LogP contribution in [0.4, 0.5) is 5.69 Å². The molecule has 7 heteroatoms. The Balaban J connectivity index is 1.50. The number of aliphatic hydroxyl groups is 1. The maximum atomic E-state index is 13.4. The molecular weight excluding hydrogens is 504 g/mol. The van der Waals surface area contributed by atoms with Crippen molar-refractivity contribution in [2.45, 2.75) is 26.8 Å². The highest BCUT2D eigenvalue weighted by atomic mass is 16.5. The number of carbonyl (C=O) groups excluding carboxylic acids is 2. The highest BCUT2D eigenvalue weighted by Crippen LogP contribution is 2.42. The molecule has 1 aliphatic heterocycles. The quantitative estimate of drug-likeness (QED) is 0.151. The zero-order valence-electron chi connectivity index (χ0n) is 22.6. The lowest BCUT2D eigenvalue weighted by molar-refractivity contribution is -0.132. The van der Waals surface area contributed by atoms with Gasteiger partial charge in [0, 0.05) is 23.6 Å². The van der Waals surface area contributed by atoms with Crippen LogP contribution in [-0.4, -0.2) is 28.4 Å². The summed E-state index contributed by atoms with van der Waals surface area (Å²) in [6, 6.07) is 24.1. The average molecular weight is 535 g/mol. The van der Waals surface area contributed by atoms with Crippen molar-refractivity contribution in [1.29, 1.82) is 0 Å². The number of aliphatic hydroxyl groups excluding tert-OH is 1. The molecular formula is C33H30N2O5. The predicted molar refractivity (Wildman–Crippen MR) is 153 cm³/mol. The summed E-state index contributed by atoms with van der Waals surface area (Å²) in [6.07, 6.45) is 3.21. The monoisotopic (exact) mass is 534 g/mol. The molecule has 1 atom stereocenters. The van der Waals surface area contributed by atoms with Gasteiger partial charge in [0.1, 0.15) is 23.0 Å². The zero-order chi connectivity index (χ0) is 28.2. The van der Waals surface area contributed by atoms with Gasteiger partial charge in [0.05, 0.1) is 18.2 Å². The van der Waals surface area contributed by atoms with Crippen molar-refractivity contribution in [2.75, 3.05) is 11.5 Å². The Morgan fingerprint density at radius 3 is 2.30 bits per heavy atom. The summed E-state index contributed by atoms with van der Waals surface area (Å²) in [4.78, 5) is 32.4. The molecule has 0 bridgehead atoms. The van der Waals surface area contributed by atoms with E-state index in [0.717, 1.165) is 5.56 Å². The molecule has 202 valence electrons. The number of Topliss-reactive ketones (excluding diaryl/α,β-unsaturated/α-hetero) is 1. The van der Waals surface area contributed by atoms with Gasteiger partial charge in [-0.1, -0.05) is 32.0 Å². The van der Waals surface area contributed by atoms with Crippen molar-refractivity contribution in [2.24, 2.45) is 5.92 Å². The molecule has 40 heavy (non-hydrogen) atoms. The lowest BCUT2D eigenvalue weighted by atomic mass is 9.96. The number of hydrogen-bond donors (Lipinski definition) is 1. The zero-order valence-corrected chi connectivity index (χ0v) is 22.6. The van der Waals surface area contributed by atoms with Crippen molar-refractivity contribution in [1.82, 2.24) is 4.98 Å². The molecule has 0 radical (unpaired) electrons. The Kier molecular flexibility index (Phi) is 7.64. The van der Waals surface area contributed by atoms with Crippen molar-refractivity contribution < 1.29 is 24.2 Å². The topological polar surface area (TPSA) is 89.0 Å². The molecule has 0 saturated carbocycles. The Labute approximate surface area is 233 Å². The summed E-state index contributed by atoms with van der Waals surface area (Å²) in [6.45, 7) is 6.66. The van der Waals surface area contributed by atoms with Crippen LogP contribution in [0.3, 0.4) is 0 Å². The van der Waals surface area contributed by atoms with E-state index in [0.29, 0.717) is 46.6 Å². The van der Waals surface area contributed by atoms with Crippen LogP contribution in [0.15, 0.2) is 103 Å². The predicted octanol–water partition coefficient (Wildman–Crippen LogP) is 6.84. The molecule has 3 aromatic carbocycles. The SMILES string of the molecule is Cc1cccc(Oc2ccc(N3C(=O)C(=O)/C(=C(\O)c4ccc(OCC(C)C)cc4)C3c3cccnc3)cc2)c1. The van der Waals surface area contributed by atoms with Crippen LogP contribution in [0.1, 0.15) is 36.6 Å². The first-order valence-corrected chi connectivity index (χ1v) is 13.1. The first kappa shape index (κ1) is 26.7. The van der Waals surface area contributed by atoms with Gasteiger partial charge in [0.2, 0.25) is 0 Å². The summed E-state index contributed by atoms with van der Waals surface area (Å²) in [5.41, 5.74) is 2.57. The molecule has 1 unspecified atom stereocenters. The molecule has 4 aromatic rings. The van der Waals surface area contributed by atoms with Gasteiger partial charge in [0.25, 0.3) is 11.7 Å². The van der Waals surface area contributed by atoms with Gasteiger partial charge >= 0.3 is 0 Å². The molecule has 1 aliphatic rings. The van der Waals surface area contributed by atoms with Gasteiger partial charge in [-0.05, 0) is 90.7 Å². The maximum Gasteiger partial charge on any atom is 0.300 e. The van der Waals surface area contributed by atoms with E-state index in [2.05, 4.69) is 18.8 Å². The van der Waals surface area contributed by atoms with Gasteiger partial charge in [-0.2, -0.15) is 0 Å². The lowest BCUT2D eigenvalue weighted by Crippen LogP contribution is -2.29. The van der Waals surface area contributed by atoms with E-state index in [4.69, 9.17) is 9.47 Å².